The zero-order chi connectivity index (χ0) is 13.4. The average Bonchev–Trinajstić information content (AvgIpc) is 2.96. The van der Waals surface area contributed by atoms with Crippen molar-refractivity contribution in [2.24, 2.45) is 0 Å². The van der Waals surface area contributed by atoms with Crippen molar-refractivity contribution in [3.8, 4) is 0 Å². The zero-order valence-electron chi connectivity index (χ0n) is 10.4. The number of nitrogen functional groups attached to an aromatic ring is 1. The van der Waals surface area contributed by atoms with Gasteiger partial charge in [0.25, 0.3) is 0 Å². The van der Waals surface area contributed by atoms with Crippen LogP contribution in [0.25, 0.3) is 11.0 Å². The van der Waals surface area contributed by atoms with Gasteiger partial charge in [-0.25, -0.2) is 4.98 Å². The Morgan fingerprint density at radius 1 is 1.37 bits per heavy atom. The van der Waals surface area contributed by atoms with Crippen LogP contribution < -0.4 is 5.73 Å². The molecule has 3 rings (SSSR count). The van der Waals surface area contributed by atoms with Crippen LogP contribution in [0.4, 0.5) is 5.95 Å². The monoisotopic (exact) mass is 276 g/mol. The molecule has 0 aliphatic carbocycles. The molecule has 7 heteroatoms. The molecule has 0 atom stereocenters. The third-order valence-electron chi connectivity index (χ3n) is 3.08. The van der Waals surface area contributed by atoms with Crippen LogP contribution >= 0.6 is 11.6 Å². The fraction of sp³-hybridized carbons (Fsp3) is 0.250. The summed E-state index contributed by atoms with van der Waals surface area (Å²) in [7, 11) is 0. The fourth-order valence-corrected chi connectivity index (χ4v) is 2.25. The van der Waals surface area contributed by atoms with Crippen LogP contribution in [0.2, 0.25) is 5.02 Å². The number of nitrogens with zero attached hydrogens (tertiary/aromatic N) is 5. The molecule has 19 heavy (non-hydrogen) atoms. The highest BCUT2D eigenvalue weighted by molar-refractivity contribution is 6.31. The first kappa shape index (κ1) is 12.0. The predicted octanol–water partition coefficient (Wildman–Crippen LogP) is 1.93. The van der Waals surface area contributed by atoms with Gasteiger partial charge in [-0.1, -0.05) is 11.6 Å². The maximum absolute atomic E-state index is 6.03. The van der Waals surface area contributed by atoms with E-state index in [1.807, 2.05) is 28.2 Å². The van der Waals surface area contributed by atoms with Crippen LogP contribution in [0, 0.1) is 0 Å². The molecule has 2 aromatic heterocycles. The van der Waals surface area contributed by atoms with Gasteiger partial charge in [0.1, 0.15) is 6.33 Å². The van der Waals surface area contributed by atoms with Gasteiger partial charge in [-0.15, -0.1) is 10.2 Å². The molecule has 0 aliphatic heterocycles. The number of fused-ring (bicyclic) bond motifs is 1. The Hall–Kier alpha value is -2.08. The number of hydrogen-bond acceptors (Lipinski definition) is 4. The zero-order valence-corrected chi connectivity index (χ0v) is 11.2. The first-order chi connectivity index (χ1) is 9.19. The molecule has 0 aliphatic rings. The first-order valence-corrected chi connectivity index (χ1v) is 6.34. The van der Waals surface area contributed by atoms with Crippen molar-refractivity contribution in [3.05, 3.63) is 35.4 Å². The highest BCUT2D eigenvalue weighted by atomic mass is 35.5. The maximum Gasteiger partial charge on any atom is 0.201 e. The quantitative estimate of drug-likeness (QED) is 0.793. The van der Waals surface area contributed by atoms with E-state index in [2.05, 4.69) is 15.2 Å². The number of aryl methyl sites for hydroxylation is 1. The molecule has 1 aromatic carbocycles. The first-order valence-electron chi connectivity index (χ1n) is 5.97. The maximum atomic E-state index is 6.03. The summed E-state index contributed by atoms with van der Waals surface area (Å²) in [6, 6.07) is 5.51. The Labute approximate surface area is 114 Å². The van der Waals surface area contributed by atoms with Crippen molar-refractivity contribution >= 4 is 28.6 Å². The number of aromatic nitrogens is 5. The van der Waals surface area contributed by atoms with E-state index in [9.17, 15) is 0 Å². The molecule has 0 spiro atoms. The number of anilines is 1. The number of halogens is 1. The van der Waals surface area contributed by atoms with Crippen LogP contribution in [0.15, 0.2) is 24.5 Å². The van der Waals surface area contributed by atoms with Crippen LogP contribution in [0.3, 0.4) is 0 Å². The minimum absolute atomic E-state index is 0.447. The van der Waals surface area contributed by atoms with E-state index in [0.717, 1.165) is 23.4 Å². The summed E-state index contributed by atoms with van der Waals surface area (Å²) < 4.78 is 3.85. The number of rotatable bonds is 3. The van der Waals surface area contributed by atoms with Crippen molar-refractivity contribution in [3.63, 3.8) is 0 Å². The van der Waals surface area contributed by atoms with E-state index in [-0.39, 0.29) is 0 Å². The summed E-state index contributed by atoms with van der Waals surface area (Å²) in [5.74, 6) is 1.29. The van der Waals surface area contributed by atoms with Crippen LogP contribution in [-0.4, -0.2) is 24.3 Å². The third-order valence-corrected chi connectivity index (χ3v) is 3.31. The average molecular weight is 277 g/mol. The molecule has 2 heterocycles. The minimum atomic E-state index is 0.447. The fourth-order valence-electron chi connectivity index (χ4n) is 2.09. The van der Waals surface area contributed by atoms with E-state index in [0.29, 0.717) is 17.5 Å². The van der Waals surface area contributed by atoms with E-state index in [1.165, 1.54) is 0 Å². The van der Waals surface area contributed by atoms with E-state index < -0.39 is 0 Å². The van der Waals surface area contributed by atoms with Crippen molar-refractivity contribution in [2.75, 3.05) is 5.73 Å². The summed E-state index contributed by atoms with van der Waals surface area (Å²) >= 11 is 6.03. The lowest BCUT2D eigenvalue weighted by Crippen LogP contribution is -2.10. The normalized spacial score (nSPS) is 11.3. The van der Waals surface area contributed by atoms with Gasteiger partial charge in [0.2, 0.25) is 5.95 Å². The lowest BCUT2D eigenvalue weighted by molar-refractivity contribution is 0.663. The van der Waals surface area contributed by atoms with Crippen molar-refractivity contribution in [1.29, 1.82) is 0 Å². The van der Waals surface area contributed by atoms with Crippen molar-refractivity contribution in [2.45, 2.75) is 20.0 Å². The molecule has 0 radical (unpaired) electrons. The summed E-state index contributed by atoms with van der Waals surface area (Å²) in [5, 5.41) is 8.68. The Bertz CT molecular complexity index is 729. The van der Waals surface area contributed by atoms with Crippen molar-refractivity contribution < 1.29 is 0 Å². The second-order valence-corrected chi connectivity index (χ2v) is 4.66. The predicted molar refractivity (Wildman–Crippen MR) is 74.0 cm³/mol. The molecule has 0 bridgehead atoms. The smallest absolute Gasteiger partial charge is 0.201 e. The van der Waals surface area contributed by atoms with Gasteiger partial charge in [0.15, 0.2) is 5.82 Å². The molecular formula is C12H13ClN6. The lowest BCUT2D eigenvalue weighted by Gasteiger charge is -2.07. The number of benzene rings is 1. The number of hydrogen-bond donors (Lipinski definition) is 1. The Kier molecular flexibility index (Phi) is 2.87. The molecule has 6 nitrogen and oxygen atoms in total. The lowest BCUT2D eigenvalue weighted by atomic mass is 10.3. The SMILES string of the molecule is CCn1cnnc1Cn1c(N)nc2ccc(Cl)cc21. The van der Waals surface area contributed by atoms with Gasteiger partial charge in [-0.05, 0) is 25.1 Å². The minimum Gasteiger partial charge on any atom is -0.369 e. The molecule has 2 N–H and O–H groups in total. The molecular weight excluding hydrogens is 264 g/mol. The van der Waals surface area contributed by atoms with Gasteiger partial charge in [-0.3, -0.25) is 0 Å². The van der Waals surface area contributed by atoms with E-state index in [1.54, 1.807) is 12.4 Å². The Balaban J connectivity index is 2.09. The van der Waals surface area contributed by atoms with Gasteiger partial charge < -0.3 is 14.9 Å². The molecule has 0 saturated carbocycles. The second-order valence-electron chi connectivity index (χ2n) is 4.22. The van der Waals surface area contributed by atoms with Gasteiger partial charge in [0.05, 0.1) is 17.6 Å². The molecule has 98 valence electrons. The largest absolute Gasteiger partial charge is 0.369 e. The van der Waals surface area contributed by atoms with Gasteiger partial charge >= 0.3 is 0 Å². The van der Waals surface area contributed by atoms with E-state index >= 15 is 0 Å². The summed E-state index contributed by atoms with van der Waals surface area (Å²) in [6.45, 7) is 3.38. The Morgan fingerprint density at radius 2 is 2.21 bits per heavy atom. The highest BCUT2D eigenvalue weighted by Crippen LogP contribution is 2.22. The topological polar surface area (TPSA) is 74.5 Å². The Morgan fingerprint density at radius 3 is 3.00 bits per heavy atom. The van der Waals surface area contributed by atoms with Gasteiger partial charge in [0, 0.05) is 11.6 Å². The van der Waals surface area contributed by atoms with Crippen molar-refractivity contribution in [1.82, 2.24) is 24.3 Å². The molecule has 0 unspecified atom stereocenters. The molecule has 0 fully saturated rings. The molecule has 0 amide bonds. The summed E-state index contributed by atoms with van der Waals surface area (Å²) in [4.78, 5) is 4.31. The van der Waals surface area contributed by atoms with Crippen LogP contribution in [0.1, 0.15) is 12.7 Å². The summed E-state index contributed by atoms with van der Waals surface area (Å²) in [6.07, 6.45) is 1.71. The van der Waals surface area contributed by atoms with E-state index in [4.69, 9.17) is 17.3 Å². The second kappa shape index (κ2) is 4.55. The number of imidazole rings is 1. The third kappa shape index (κ3) is 2.04. The van der Waals surface area contributed by atoms with Crippen LogP contribution in [0.5, 0.6) is 0 Å². The standard InChI is InChI=1S/C12H13ClN6/c1-2-18-7-15-17-11(18)6-19-10-5-8(13)3-4-9(10)16-12(19)14/h3-5,7H,2,6H2,1H3,(H2,14,16). The highest BCUT2D eigenvalue weighted by Gasteiger charge is 2.12. The molecule has 0 saturated heterocycles. The number of nitrogens with two attached hydrogens (primary N) is 1. The van der Waals surface area contributed by atoms with Gasteiger partial charge in [-0.2, -0.15) is 0 Å². The van der Waals surface area contributed by atoms with Crippen LogP contribution in [-0.2, 0) is 13.1 Å². The summed E-state index contributed by atoms with van der Waals surface area (Å²) in [5.41, 5.74) is 7.69. The molecule has 3 aromatic rings.